The van der Waals surface area contributed by atoms with Crippen molar-refractivity contribution < 1.29 is 18.7 Å². The molecule has 0 saturated carbocycles. The van der Waals surface area contributed by atoms with Gasteiger partial charge in [-0.3, -0.25) is 0 Å². The number of hydrogen-bond donors (Lipinski definition) is 0. The number of carbonyl (C=O) groups excluding carboxylic acids is 1. The lowest BCUT2D eigenvalue weighted by molar-refractivity contribution is 0.0600. The van der Waals surface area contributed by atoms with E-state index in [9.17, 15) is 9.18 Å². The molecule has 0 unspecified atom stereocenters. The summed E-state index contributed by atoms with van der Waals surface area (Å²) in [6.45, 7) is 1.74. The summed E-state index contributed by atoms with van der Waals surface area (Å²) in [7, 11) is 1.30. The Morgan fingerprint density at radius 1 is 1.32 bits per heavy atom. The Labute approximate surface area is 109 Å². The Hall–Kier alpha value is -2.43. The standard InChI is InChI=1S/C14H12FNO3/c1-9-6-10(14(17)18-2)8-16-13(9)19-12-5-3-4-11(15)7-12/h3-8H,1-2H3. The normalized spacial score (nSPS) is 10.1. The number of esters is 1. The maximum absolute atomic E-state index is 13.0. The molecule has 0 aliphatic heterocycles. The van der Waals surface area contributed by atoms with Crippen LogP contribution < -0.4 is 4.74 Å². The van der Waals surface area contributed by atoms with Crippen molar-refractivity contribution in [1.29, 1.82) is 0 Å². The van der Waals surface area contributed by atoms with Crippen molar-refractivity contribution in [2.75, 3.05) is 7.11 Å². The molecule has 0 radical (unpaired) electrons. The molecule has 98 valence electrons. The number of methoxy groups -OCH3 is 1. The van der Waals surface area contributed by atoms with Gasteiger partial charge < -0.3 is 9.47 Å². The fourth-order valence-electron chi connectivity index (χ4n) is 1.54. The Bertz CT molecular complexity index is 613. The molecule has 0 fully saturated rings. The van der Waals surface area contributed by atoms with Crippen LogP contribution in [0.5, 0.6) is 11.6 Å². The Kier molecular flexibility index (Phi) is 3.75. The van der Waals surface area contributed by atoms with E-state index in [0.29, 0.717) is 22.8 Å². The third kappa shape index (κ3) is 3.07. The number of aryl methyl sites for hydroxylation is 1. The highest BCUT2D eigenvalue weighted by molar-refractivity contribution is 5.89. The summed E-state index contributed by atoms with van der Waals surface area (Å²) in [6.07, 6.45) is 1.35. The zero-order chi connectivity index (χ0) is 13.8. The van der Waals surface area contributed by atoms with E-state index < -0.39 is 5.97 Å². The van der Waals surface area contributed by atoms with Crippen LogP contribution in [0, 0.1) is 12.7 Å². The summed E-state index contributed by atoms with van der Waals surface area (Å²) in [5, 5.41) is 0. The first-order chi connectivity index (χ1) is 9.10. The SMILES string of the molecule is COC(=O)c1cnc(Oc2cccc(F)c2)c(C)c1. The molecule has 1 aromatic carbocycles. The number of carbonyl (C=O) groups is 1. The molecule has 1 heterocycles. The highest BCUT2D eigenvalue weighted by Gasteiger charge is 2.10. The average molecular weight is 261 g/mol. The third-order valence-electron chi connectivity index (χ3n) is 2.46. The molecular formula is C14H12FNO3. The summed E-state index contributed by atoms with van der Waals surface area (Å²) in [6, 6.07) is 7.36. The predicted molar refractivity (Wildman–Crippen MR) is 66.8 cm³/mol. The number of nitrogens with zero attached hydrogens (tertiary/aromatic N) is 1. The van der Waals surface area contributed by atoms with E-state index >= 15 is 0 Å². The number of benzene rings is 1. The van der Waals surface area contributed by atoms with E-state index in [2.05, 4.69) is 9.72 Å². The number of hydrogen-bond acceptors (Lipinski definition) is 4. The fraction of sp³-hybridized carbons (Fsp3) is 0.143. The van der Waals surface area contributed by atoms with Crippen LogP contribution in [-0.4, -0.2) is 18.1 Å². The highest BCUT2D eigenvalue weighted by atomic mass is 19.1. The van der Waals surface area contributed by atoms with Crippen molar-refractivity contribution in [1.82, 2.24) is 4.98 Å². The summed E-state index contributed by atoms with van der Waals surface area (Å²) >= 11 is 0. The van der Waals surface area contributed by atoms with Crippen molar-refractivity contribution in [3.8, 4) is 11.6 Å². The molecule has 5 heteroatoms. The van der Waals surface area contributed by atoms with Gasteiger partial charge in [-0.25, -0.2) is 14.2 Å². The highest BCUT2D eigenvalue weighted by Crippen LogP contribution is 2.23. The average Bonchev–Trinajstić information content (AvgIpc) is 2.40. The monoisotopic (exact) mass is 261 g/mol. The molecule has 0 atom stereocenters. The van der Waals surface area contributed by atoms with Gasteiger partial charge in [0.1, 0.15) is 11.6 Å². The molecule has 0 spiro atoms. The van der Waals surface area contributed by atoms with Gasteiger partial charge in [0.05, 0.1) is 12.7 Å². The van der Waals surface area contributed by atoms with Crippen LogP contribution in [0.1, 0.15) is 15.9 Å². The van der Waals surface area contributed by atoms with Crippen molar-refractivity contribution in [3.63, 3.8) is 0 Å². The summed E-state index contributed by atoms with van der Waals surface area (Å²) in [5.74, 6) is -0.186. The first kappa shape index (κ1) is 13.0. The van der Waals surface area contributed by atoms with Gasteiger partial charge in [0.15, 0.2) is 0 Å². The Morgan fingerprint density at radius 2 is 2.11 bits per heavy atom. The lowest BCUT2D eigenvalue weighted by Gasteiger charge is -2.08. The molecule has 19 heavy (non-hydrogen) atoms. The van der Waals surface area contributed by atoms with Crippen LogP contribution in [0.25, 0.3) is 0 Å². The van der Waals surface area contributed by atoms with E-state index in [1.807, 2.05) is 0 Å². The zero-order valence-corrected chi connectivity index (χ0v) is 10.5. The van der Waals surface area contributed by atoms with E-state index in [-0.39, 0.29) is 5.82 Å². The molecule has 0 bridgehead atoms. The number of ether oxygens (including phenoxy) is 2. The van der Waals surface area contributed by atoms with E-state index in [4.69, 9.17) is 4.74 Å². The molecule has 0 aliphatic carbocycles. The predicted octanol–water partition coefficient (Wildman–Crippen LogP) is 3.11. The van der Waals surface area contributed by atoms with Gasteiger partial charge in [-0.05, 0) is 25.1 Å². The molecule has 1 aromatic heterocycles. The largest absolute Gasteiger partial charge is 0.465 e. The van der Waals surface area contributed by atoms with Gasteiger partial charge in [0, 0.05) is 17.8 Å². The number of rotatable bonds is 3. The Morgan fingerprint density at radius 3 is 2.74 bits per heavy atom. The summed E-state index contributed by atoms with van der Waals surface area (Å²) in [5.41, 5.74) is 0.999. The van der Waals surface area contributed by atoms with Crippen LogP contribution in [0.4, 0.5) is 4.39 Å². The van der Waals surface area contributed by atoms with Gasteiger partial charge >= 0.3 is 5.97 Å². The van der Waals surface area contributed by atoms with Crippen LogP contribution >= 0.6 is 0 Å². The fourth-order valence-corrected chi connectivity index (χ4v) is 1.54. The minimum Gasteiger partial charge on any atom is -0.465 e. The van der Waals surface area contributed by atoms with Crippen LogP contribution in [0.3, 0.4) is 0 Å². The topological polar surface area (TPSA) is 48.4 Å². The van der Waals surface area contributed by atoms with Crippen molar-refractivity contribution in [2.24, 2.45) is 0 Å². The van der Waals surface area contributed by atoms with Crippen molar-refractivity contribution in [3.05, 3.63) is 53.5 Å². The second kappa shape index (κ2) is 5.48. The van der Waals surface area contributed by atoms with E-state index in [0.717, 1.165) is 0 Å². The first-order valence-electron chi connectivity index (χ1n) is 5.58. The lowest BCUT2D eigenvalue weighted by Crippen LogP contribution is -2.03. The minimum atomic E-state index is -0.465. The van der Waals surface area contributed by atoms with Crippen LogP contribution in [0.2, 0.25) is 0 Å². The molecule has 4 nitrogen and oxygen atoms in total. The molecule has 0 amide bonds. The Balaban J connectivity index is 2.24. The first-order valence-corrected chi connectivity index (χ1v) is 5.58. The van der Waals surface area contributed by atoms with Crippen molar-refractivity contribution in [2.45, 2.75) is 6.92 Å². The second-order valence-electron chi connectivity index (χ2n) is 3.90. The quantitative estimate of drug-likeness (QED) is 0.796. The second-order valence-corrected chi connectivity index (χ2v) is 3.90. The maximum atomic E-state index is 13.0. The van der Waals surface area contributed by atoms with Crippen molar-refractivity contribution >= 4 is 5.97 Å². The van der Waals surface area contributed by atoms with Gasteiger partial charge in [0.25, 0.3) is 0 Å². The molecule has 0 N–H and O–H groups in total. The smallest absolute Gasteiger partial charge is 0.339 e. The molecule has 0 aliphatic rings. The maximum Gasteiger partial charge on any atom is 0.339 e. The van der Waals surface area contributed by atoms with Gasteiger partial charge in [-0.2, -0.15) is 0 Å². The van der Waals surface area contributed by atoms with E-state index in [1.54, 1.807) is 25.1 Å². The molecule has 0 saturated heterocycles. The molecule has 2 rings (SSSR count). The summed E-state index contributed by atoms with van der Waals surface area (Å²) in [4.78, 5) is 15.4. The third-order valence-corrected chi connectivity index (χ3v) is 2.46. The van der Waals surface area contributed by atoms with E-state index in [1.165, 1.54) is 25.4 Å². The number of aromatic nitrogens is 1. The lowest BCUT2D eigenvalue weighted by atomic mass is 10.2. The van der Waals surface area contributed by atoms with Gasteiger partial charge in [-0.15, -0.1) is 0 Å². The minimum absolute atomic E-state index is 0.318. The number of pyridine rings is 1. The van der Waals surface area contributed by atoms with Crippen LogP contribution in [-0.2, 0) is 4.74 Å². The van der Waals surface area contributed by atoms with Gasteiger partial charge in [-0.1, -0.05) is 6.07 Å². The summed E-state index contributed by atoms with van der Waals surface area (Å²) < 4.78 is 23.1. The van der Waals surface area contributed by atoms with Gasteiger partial charge in [0.2, 0.25) is 5.88 Å². The molecule has 2 aromatic rings. The molecular weight excluding hydrogens is 249 g/mol. The number of halogens is 1. The van der Waals surface area contributed by atoms with Crippen LogP contribution in [0.15, 0.2) is 36.5 Å². The zero-order valence-electron chi connectivity index (χ0n) is 10.5.